The second-order valence-corrected chi connectivity index (χ2v) is 12.1. The number of hydrogen-bond acceptors (Lipinski definition) is 4. The van der Waals surface area contributed by atoms with E-state index in [4.69, 9.17) is 4.74 Å². The highest BCUT2D eigenvalue weighted by Crippen LogP contribution is 2.33. The number of ether oxygens (including phenoxy) is 1. The predicted octanol–water partition coefficient (Wildman–Crippen LogP) is 7.26. The highest BCUT2D eigenvalue weighted by atomic mass is 32.2. The number of sulfone groups is 1. The molecule has 2 aliphatic rings. The average molecular weight is 495 g/mol. The van der Waals surface area contributed by atoms with E-state index in [9.17, 15) is 13.2 Å². The minimum Gasteiger partial charge on any atom is -0.458 e. The Hall–Kier alpha value is -2.40. The van der Waals surface area contributed by atoms with E-state index >= 15 is 0 Å². The molecular formula is C30H38O4S. The molecule has 2 saturated carbocycles. The van der Waals surface area contributed by atoms with E-state index in [2.05, 4.69) is 0 Å². The Morgan fingerprint density at radius 1 is 0.829 bits per heavy atom. The van der Waals surface area contributed by atoms with Gasteiger partial charge in [0.15, 0.2) is 9.84 Å². The smallest absolute Gasteiger partial charge is 0.338 e. The van der Waals surface area contributed by atoms with Crippen molar-refractivity contribution in [2.75, 3.05) is 5.75 Å². The van der Waals surface area contributed by atoms with Crippen molar-refractivity contribution in [3.05, 3.63) is 77.9 Å². The van der Waals surface area contributed by atoms with Crippen molar-refractivity contribution >= 4 is 15.8 Å². The van der Waals surface area contributed by atoms with Gasteiger partial charge < -0.3 is 4.74 Å². The number of esters is 1. The lowest BCUT2D eigenvalue weighted by molar-refractivity contribution is 0.00877. The molecule has 1 atom stereocenters. The van der Waals surface area contributed by atoms with Crippen molar-refractivity contribution in [3.8, 4) is 0 Å². The molecule has 0 heterocycles. The maximum atomic E-state index is 12.9. The summed E-state index contributed by atoms with van der Waals surface area (Å²) in [7, 11) is -3.39. The van der Waals surface area contributed by atoms with E-state index in [1.165, 1.54) is 44.1 Å². The van der Waals surface area contributed by atoms with Crippen LogP contribution in [0.15, 0.2) is 71.6 Å². The quantitative estimate of drug-likeness (QED) is 0.272. The van der Waals surface area contributed by atoms with Gasteiger partial charge in [-0.25, -0.2) is 13.2 Å². The van der Waals surface area contributed by atoms with Gasteiger partial charge in [-0.1, -0.05) is 81.0 Å². The van der Waals surface area contributed by atoms with Crippen LogP contribution in [0.25, 0.3) is 0 Å². The summed E-state index contributed by atoms with van der Waals surface area (Å²) in [6.07, 6.45) is 15.8. The number of carbonyl (C=O) groups excluding carboxylic acids is 1. The van der Waals surface area contributed by atoms with Gasteiger partial charge in [-0.05, 0) is 67.3 Å². The second-order valence-electron chi connectivity index (χ2n) is 10.1. The van der Waals surface area contributed by atoms with E-state index < -0.39 is 9.84 Å². The molecule has 0 radical (unpaired) electrons. The molecule has 5 heteroatoms. The third-order valence-electron chi connectivity index (χ3n) is 7.61. The van der Waals surface area contributed by atoms with Crippen molar-refractivity contribution < 1.29 is 17.9 Å². The Kier molecular flexibility index (Phi) is 9.19. The maximum absolute atomic E-state index is 12.9. The summed E-state index contributed by atoms with van der Waals surface area (Å²) >= 11 is 0. The van der Waals surface area contributed by atoms with Gasteiger partial charge >= 0.3 is 5.97 Å². The Morgan fingerprint density at radius 2 is 1.46 bits per heavy atom. The van der Waals surface area contributed by atoms with Crippen LogP contribution in [0.2, 0.25) is 0 Å². The minimum absolute atomic E-state index is 0.0419. The fraction of sp³-hybridized carbons (Fsp3) is 0.500. The van der Waals surface area contributed by atoms with Gasteiger partial charge in [0.1, 0.15) is 6.10 Å². The Morgan fingerprint density at radius 3 is 2.11 bits per heavy atom. The zero-order valence-electron chi connectivity index (χ0n) is 20.6. The molecule has 0 aromatic heterocycles. The van der Waals surface area contributed by atoms with Crippen molar-refractivity contribution in [3.63, 3.8) is 0 Å². The molecule has 0 amide bonds. The molecular weight excluding hydrogens is 456 g/mol. The molecule has 0 N–H and O–H groups in total. The molecule has 35 heavy (non-hydrogen) atoms. The minimum atomic E-state index is -3.39. The molecule has 2 aromatic carbocycles. The number of benzene rings is 2. The zero-order valence-corrected chi connectivity index (χ0v) is 21.4. The summed E-state index contributed by atoms with van der Waals surface area (Å²) in [5, 5.41) is 0. The SMILES string of the molecule is O=C(OC(C/C=C/CS(=O)(=O)c1ccc(C2CCCCC2)cc1)C1CCCCC1)c1ccccc1. The largest absolute Gasteiger partial charge is 0.458 e. The van der Waals surface area contributed by atoms with E-state index in [-0.39, 0.29) is 17.8 Å². The number of carbonyl (C=O) groups is 1. The summed E-state index contributed by atoms with van der Waals surface area (Å²) in [6.45, 7) is 0. The molecule has 1 unspecified atom stereocenters. The van der Waals surface area contributed by atoms with Crippen LogP contribution < -0.4 is 0 Å². The van der Waals surface area contributed by atoms with Gasteiger partial charge in [0, 0.05) is 6.42 Å². The molecule has 0 bridgehead atoms. The predicted molar refractivity (Wildman–Crippen MR) is 140 cm³/mol. The third kappa shape index (κ3) is 7.30. The third-order valence-corrected chi connectivity index (χ3v) is 9.23. The van der Waals surface area contributed by atoms with Crippen LogP contribution in [-0.4, -0.2) is 26.2 Å². The van der Waals surface area contributed by atoms with Crippen LogP contribution in [0.3, 0.4) is 0 Å². The number of rotatable bonds is 9. The Balaban J connectivity index is 1.36. The lowest BCUT2D eigenvalue weighted by atomic mass is 9.84. The van der Waals surface area contributed by atoms with Gasteiger partial charge in [0.05, 0.1) is 16.2 Å². The standard InChI is InChI=1S/C30H38O4S/c31-30(27-16-8-3-9-17-27)34-29(26-14-6-2-7-15-26)18-10-11-23-35(32,33)28-21-19-25(20-22-28)24-12-4-1-5-13-24/h3,8-11,16-17,19-22,24,26,29H,1-2,4-7,12-15,18,23H2/b11-10+. The highest BCUT2D eigenvalue weighted by Gasteiger charge is 2.26. The van der Waals surface area contributed by atoms with Crippen LogP contribution in [0.4, 0.5) is 0 Å². The lowest BCUT2D eigenvalue weighted by Gasteiger charge is -2.29. The van der Waals surface area contributed by atoms with Gasteiger partial charge in [-0.2, -0.15) is 0 Å². The first-order chi connectivity index (χ1) is 17.0. The lowest BCUT2D eigenvalue weighted by Crippen LogP contribution is -2.28. The second kappa shape index (κ2) is 12.5. The van der Waals surface area contributed by atoms with Gasteiger partial charge in [-0.15, -0.1) is 0 Å². The van der Waals surface area contributed by atoms with E-state index in [0.29, 0.717) is 28.7 Å². The van der Waals surface area contributed by atoms with Crippen LogP contribution >= 0.6 is 0 Å². The first-order valence-electron chi connectivity index (χ1n) is 13.3. The Bertz CT molecular complexity index is 1060. The van der Waals surface area contributed by atoms with Gasteiger partial charge in [0.25, 0.3) is 0 Å². The zero-order chi connectivity index (χ0) is 24.5. The van der Waals surface area contributed by atoms with E-state index in [0.717, 1.165) is 25.7 Å². The van der Waals surface area contributed by atoms with Crippen LogP contribution in [0.5, 0.6) is 0 Å². The van der Waals surface area contributed by atoms with Crippen molar-refractivity contribution in [2.24, 2.45) is 5.92 Å². The van der Waals surface area contributed by atoms with Crippen LogP contribution in [-0.2, 0) is 14.6 Å². The van der Waals surface area contributed by atoms with E-state index in [1.54, 1.807) is 30.3 Å². The average Bonchev–Trinajstić information content (AvgIpc) is 2.92. The summed E-state index contributed by atoms with van der Waals surface area (Å²) < 4.78 is 31.7. The molecule has 4 rings (SSSR count). The highest BCUT2D eigenvalue weighted by molar-refractivity contribution is 7.91. The summed E-state index contributed by atoms with van der Waals surface area (Å²) in [6, 6.07) is 16.6. The van der Waals surface area contributed by atoms with Crippen LogP contribution in [0, 0.1) is 5.92 Å². The molecule has 4 nitrogen and oxygen atoms in total. The molecule has 0 saturated heterocycles. The first-order valence-corrected chi connectivity index (χ1v) is 14.9. The molecule has 0 aliphatic heterocycles. The normalized spacial score (nSPS) is 19.0. The molecule has 2 fully saturated rings. The maximum Gasteiger partial charge on any atom is 0.338 e. The number of hydrogen-bond donors (Lipinski definition) is 0. The molecule has 188 valence electrons. The topological polar surface area (TPSA) is 60.4 Å². The van der Waals surface area contributed by atoms with E-state index in [1.807, 2.05) is 36.4 Å². The van der Waals surface area contributed by atoms with Crippen molar-refractivity contribution in [1.29, 1.82) is 0 Å². The summed E-state index contributed by atoms with van der Waals surface area (Å²) in [5.74, 6) is 0.542. The monoisotopic (exact) mass is 494 g/mol. The first kappa shape index (κ1) is 25.7. The van der Waals surface area contributed by atoms with Gasteiger partial charge in [0.2, 0.25) is 0 Å². The Labute approximate surface area is 210 Å². The molecule has 2 aliphatic carbocycles. The molecule has 0 spiro atoms. The van der Waals surface area contributed by atoms with Crippen LogP contribution in [0.1, 0.15) is 92.5 Å². The summed E-state index contributed by atoms with van der Waals surface area (Å²) in [5.41, 5.74) is 1.81. The fourth-order valence-electron chi connectivity index (χ4n) is 5.53. The summed E-state index contributed by atoms with van der Waals surface area (Å²) in [4.78, 5) is 13.1. The van der Waals surface area contributed by atoms with Crippen molar-refractivity contribution in [1.82, 2.24) is 0 Å². The molecule has 2 aromatic rings. The van der Waals surface area contributed by atoms with Gasteiger partial charge in [-0.3, -0.25) is 0 Å². The fourth-order valence-corrected chi connectivity index (χ4v) is 6.66. The van der Waals surface area contributed by atoms with Crippen molar-refractivity contribution in [2.45, 2.75) is 87.5 Å².